The number of nitrogens with zero attached hydrogens (tertiary/aromatic N) is 1. The van der Waals surface area contributed by atoms with E-state index in [0.29, 0.717) is 6.04 Å². The van der Waals surface area contributed by atoms with Crippen molar-refractivity contribution in [1.82, 2.24) is 10.2 Å². The lowest BCUT2D eigenvalue weighted by atomic mass is 10.1. The van der Waals surface area contributed by atoms with Gasteiger partial charge in [0.15, 0.2) is 0 Å². The number of urea groups is 1. The first-order valence-electron chi connectivity index (χ1n) is 6.51. The second-order valence-electron chi connectivity index (χ2n) is 5.16. The van der Waals surface area contributed by atoms with Crippen molar-refractivity contribution in [2.75, 3.05) is 13.1 Å². The first-order valence-corrected chi connectivity index (χ1v) is 6.51. The van der Waals surface area contributed by atoms with Gasteiger partial charge in [-0.25, -0.2) is 4.79 Å². The summed E-state index contributed by atoms with van der Waals surface area (Å²) in [4.78, 5) is 12.7. The Balaban J connectivity index is 1.65. The van der Waals surface area contributed by atoms with Crippen molar-refractivity contribution in [3.05, 3.63) is 0 Å². The molecule has 1 aliphatic heterocycles. The molecular weight excluding hydrogens is 202 g/mol. The molecule has 1 saturated heterocycles. The van der Waals surface area contributed by atoms with E-state index in [1.54, 1.807) is 4.90 Å². The van der Waals surface area contributed by atoms with E-state index in [4.69, 9.17) is 5.73 Å². The molecule has 2 atom stereocenters. The SMILES string of the molecule is CCCC1CC1NC1CCN(C(N)=O)CC1. The molecule has 0 aromatic carbocycles. The molecule has 16 heavy (non-hydrogen) atoms. The predicted octanol–water partition coefficient (Wildman–Crippen LogP) is 1.31. The Morgan fingerprint density at radius 2 is 2.12 bits per heavy atom. The number of carbonyl (C=O) groups excluding carboxylic acids is 1. The van der Waals surface area contributed by atoms with Crippen LogP contribution in [0.25, 0.3) is 0 Å². The van der Waals surface area contributed by atoms with Crippen LogP contribution in [0.15, 0.2) is 0 Å². The van der Waals surface area contributed by atoms with E-state index in [1.165, 1.54) is 19.3 Å². The van der Waals surface area contributed by atoms with Crippen molar-refractivity contribution in [3.63, 3.8) is 0 Å². The fourth-order valence-corrected chi connectivity index (χ4v) is 2.71. The highest BCUT2D eigenvalue weighted by atomic mass is 16.2. The van der Waals surface area contributed by atoms with Crippen molar-refractivity contribution < 1.29 is 4.79 Å². The third-order valence-electron chi connectivity index (χ3n) is 3.84. The molecule has 92 valence electrons. The highest BCUT2D eigenvalue weighted by Crippen LogP contribution is 2.35. The maximum atomic E-state index is 11.0. The summed E-state index contributed by atoms with van der Waals surface area (Å²) in [7, 11) is 0. The summed E-state index contributed by atoms with van der Waals surface area (Å²) in [6, 6.07) is 1.08. The number of nitrogens with one attached hydrogen (secondary N) is 1. The summed E-state index contributed by atoms with van der Waals surface area (Å²) in [5.74, 6) is 0.916. The number of rotatable bonds is 4. The molecule has 0 bridgehead atoms. The van der Waals surface area contributed by atoms with Gasteiger partial charge in [-0.3, -0.25) is 0 Å². The minimum absolute atomic E-state index is 0.270. The van der Waals surface area contributed by atoms with Crippen molar-refractivity contribution >= 4 is 6.03 Å². The highest BCUT2D eigenvalue weighted by molar-refractivity contribution is 5.72. The summed E-state index contributed by atoms with van der Waals surface area (Å²) in [6.07, 6.45) is 6.11. The van der Waals surface area contributed by atoms with Gasteiger partial charge < -0.3 is 16.0 Å². The molecule has 0 aromatic heterocycles. The van der Waals surface area contributed by atoms with Crippen LogP contribution in [0.3, 0.4) is 0 Å². The maximum Gasteiger partial charge on any atom is 0.314 e. The van der Waals surface area contributed by atoms with Gasteiger partial charge in [0.25, 0.3) is 0 Å². The summed E-state index contributed by atoms with van der Waals surface area (Å²) >= 11 is 0. The molecule has 1 saturated carbocycles. The third-order valence-corrected chi connectivity index (χ3v) is 3.84. The van der Waals surface area contributed by atoms with E-state index < -0.39 is 0 Å². The van der Waals surface area contributed by atoms with Gasteiger partial charge in [0.05, 0.1) is 0 Å². The van der Waals surface area contributed by atoms with Crippen LogP contribution < -0.4 is 11.1 Å². The zero-order chi connectivity index (χ0) is 11.5. The zero-order valence-electron chi connectivity index (χ0n) is 10.1. The number of primary amides is 1. The Bertz CT molecular complexity index is 249. The molecule has 1 heterocycles. The van der Waals surface area contributed by atoms with Crippen LogP contribution in [0.1, 0.15) is 39.0 Å². The monoisotopic (exact) mass is 225 g/mol. The standard InChI is InChI=1S/C12H23N3O/c1-2-3-9-8-11(9)14-10-4-6-15(7-5-10)12(13)16/h9-11,14H,2-8H2,1H3,(H2,13,16). The third kappa shape index (κ3) is 2.88. The van der Waals surface area contributed by atoms with Crippen LogP contribution in [0.4, 0.5) is 4.79 Å². The van der Waals surface area contributed by atoms with Gasteiger partial charge in [-0.05, 0) is 31.6 Å². The Morgan fingerprint density at radius 1 is 1.44 bits per heavy atom. The smallest absolute Gasteiger partial charge is 0.314 e. The minimum Gasteiger partial charge on any atom is -0.351 e. The van der Waals surface area contributed by atoms with Gasteiger partial charge in [-0.2, -0.15) is 0 Å². The van der Waals surface area contributed by atoms with Gasteiger partial charge in [0.1, 0.15) is 0 Å². The first-order chi connectivity index (χ1) is 7.70. The lowest BCUT2D eigenvalue weighted by Gasteiger charge is -2.31. The van der Waals surface area contributed by atoms with Gasteiger partial charge >= 0.3 is 6.03 Å². The zero-order valence-corrected chi connectivity index (χ0v) is 10.1. The lowest BCUT2D eigenvalue weighted by molar-refractivity contribution is 0.184. The molecule has 2 aliphatic rings. The molecule has 0 aromatic rings. The van der Waals surface area contributed by atoms with Gasteiger partial charge in [-0.15, -0.1) is 0 Å². The number of hydrogen-bond acceptors (Lipinski definition) is 2. The van der Waals surface area contributed by atoms with Crippen LogP contribution >= 0.6 is 0 Å². The van der Waals surface area contributed by atoms with E-state index in [-0.39, 0.29) is 6.03 Å². The number of amides is 2. The topological polar surface area (TPSA) is 58.4 Å². The normalized spacial score (nSPS) is 30.4. The Labute approximate surface area is 97.6 Å². The van der Waals surface area contributed by atoms with Crippen LogP contribution in [0.5, 0.6) is 0 Å². The van der Waals surface area contributed by atoms with E-state index in [1.807, 2.05) is 0 Å². The van der Waals surface area contributed by atoms with Crippen molar-refractivity contribution in [2.24, 2.45) is 11.7 Å². The van der Waals surface area contributed by atoms with Crippen LogP contribution in [-0.2, 0) is 0 Å². The lowest BCUT2D eigenvalue weighted by Crippen LogP contribution is -2.47. The fraction of sp³-hybridized carbons (Fsp3) is 0.917. The Hall–Kier alpha value is -0.770. The summed E-state index contributed by atoms with van der Waals surface area (Å²) in [6.45, 7) is 3.89. The molecule has 2 amide bonds. The molecule has 2 fully saturated rings. The van der Waals surface area contributed by atoms with Crippen molar-refractivity contribution in [2.45, 2.75) is 51.1 Å². The molecule has 4 heteroatoms. The maximum absolute atomic E-state index is 11.0. The van der Waals surface area contributed by atoms with E-state index in [0.717, 1.165) is 37.9 Å². The molecule has 0 radical (unpaired) electrons. The number of nitrogens with two attached hydrogens (primary N) is 1. The first kappa shape index (κ1) is 11.7. The van der Waals surface area contributed by atoms with Crippen LogP contribution in [-0.4, -0.2) is 36.1 Å². The average Bonchev–Trinajstić information content (AvgIpc) is 2.98. The summed E-state index contributed by atoms with van der Waals surface area (Å²) in [5, 5.41) is 3.71. The number of likely N-dealkylation sites (tertiary alicyclic amines) is 1. The molecule has 0 spiro atoms. The number of hydrogen-bond donors (Lipinski definition) is 2. The number of piperidine rings is 1. The summed E-state index contributed by atoms with van der Waals surface area (Å²) < 4.78 is 0. The highest BCUT2D eigenvalue weighted by Gasteiger charge is 2.37. The van der Waals surface area contributed by atoms with E-state index in [2.05, 4.69) is 12.2 Å². The van der Waals surface area contributed by atoms with Crippen LogP contribution in [0.2, 0.25) is 0 Å². The van der Waals surface area contributed by atoms with E-state index in [9.17, 15) is 4.79 Å². The largest absolute Gasteiger partial charge is 0.351 e. The van der Waals surface area contributed by atoms with Gasteiger partial charge in [0.2, 0.25) is 0 Å². The molecule has 1 aliphatic carbocycles. The minimum atomic E-state index is -0.270. The molecule has 2 rings (SSSR count). The summed E-state index contributed by atoms with van der Waals surface area (Å²) in [5.41, 5.74) is 5.25. The average molecular weight is 225 g/mol. The number of carbonyl (C=O) groups is 1. The Kier molecular flexibility index (Phi) is 3.69. The second-order valence-corrected chi connectivity index (χ2v) is 5.16. The van der Waals surface area contributed by atoms with Crippen LogP contribution in [0, 0.1) is 5.92 Å². The Morgan fingerprint density at radius 3 is 2.69 bits per heavy atom. The quantitative estimate of drug-likeness (QED) is 0.758. The molecule has 4 nitrogen and oxygen atoms in total. The molecule has 3 N–H and O–H groups in total. The van der Waals surface area contributed by atoms with Crippen molar-refractivity contribution in [3.8, 4) is 0 Å². The van der Waals surface area contributed by atoms with Gasteiger partial charge in [0, 0.05) is 25.2 Å². The predicted molar refractivity (Wildman–Crippen MR) is 64.1 cm³/mol. The molecule has 2 unspecified atom stereocenters. The van der Waals surface area contributed by atoms with Gasteiger partial charge in [-0.1, -0.05) is 13.3 Å². The fourth-order valence-electron chi connectivity index (χ4n) is 2.71. The second kappa shape index (κ2) is 5.04. The van der Waals surface area contributed by atoms with Crippen molar-refractivity contribution in [1.29, 1.82) is 0 Å². The molecular formula is C12H23N3O. The van der Waals surface area contributed by atoms with E-state index >= 15 is 0 Å².